The number of rotatable bonds is 7. The van der Waals surface area contributed by atoms with Gasteiger partial charge in [-0.25, -0.2) is 4.98 Å². The van der Waals surface area contributed by atoms with E-state index in [2.05, 4.69) is 24.3 Å². The zero-order valence-electron chi connectivity index (χ0n) is 11.2. The van der Waals surface area contributed by atoms with Crippen molar-refractivity contribution in [2.45, 2.75) is 44.8 Å². The molecule has 1 rings (SSSR count). The normalized spacial score (nSPS) is 16.8. The fraction of sp³-hybridized carbons (Fsp3) is 0.750. The SMILES string of the molecule is CCC(C)(OC)C(CCc1nccn1C)NN. The molecular weight excluding hydrogens is 216 g/mol. The minimum atomic E-state index is -0.236. The van der Waals surface area contributed by atoms with Gasteiger partial charge in [0, 0.05) is 33.0 Å². The third kappa shape index (κ3) is 3.28. The summed E-state index contributed by atoms with van der Waals surface area (Å²) in [6.45, 7) is 4.19. The smallest absolute Gasteiger partial charge is 0.108 e. The Hall–Kier alpha value is -0.910. The van der Waals surface area contributed by atoms with Crippen LogP contribution in [0.4, 0.5) is 0 Å². The number of ether oxygens (including phenoxy) is 1. The van der Waals surface area contributed by atoms with Crippen LogP contribution in [-0.4, -0.2) is 28.3 Å². The predicted octanol–water partition coefficient (Wildman–Crippen LogP) is 1.000. The largest absolute Gasteiger partial charge is 0.377 e. The van der Waals surface area contributed by atoms with Crippen molar-refractivity contribution in [1.29, 1.82) is 0 Å². The molecule has 1 aromatic heterocycles. The van der Waals surface area contributed by atoms with Gasteiger partial charge in [-0.2, -0.15) is 0 Å². The van der Waals surface area contributed by atoms with Gasteiger partial charge in [0.1, 0.15) is 5.82 Å². The fourth-order valence-electron chi connectivity index (χ4n) is 2.01. The summed E-state index contributed by atoms with van der Waals surface area (Å²) in [5, 5.41) is 0. The quantitative estimate of drug-likeness (QED) is 0.551. The minimum absolute atomic E-state index is 0.120. The van der Waals surface area contributed by atoms with Crippen LogP contribution in [0.1, 0.15) is 32.5 Å². The van der Waals surface area contributed by atoms with E-state index in [-0.39, 0.29) is 11.6 Å². The van der Waals surface area contributed by atoms with Crippen LogP contribution in [0.2, 0.25) is 0 Å². The highest BCUT2D eigenvalue weighted by molar-refractivity contribution is 4.95. The first-order valence-corrected chi connectivity index (χ1v) is 6.05. The van der Waals surface area contributed by atoms with Gasteiger partial charge in [-0.1, -0.05) is 6.92 Å². The molecule has 0 aliphatic rings. The van der Waals surface area contributed by atoms with Crippen molar-refractivity contribution in [3.05, 3.63) is 18.2 Å². The molecule has 17 heavy (non-hydrogen) atoms. The predicted molar refractivity (Wildman–Crippen MR) is 68.3 cm³/mol. The van der Waals surface area contributed by atoms with Crippen LogP contribution in [0.15, 0.2) is 12.4 Å². The Morgan fingerprint density at radius 2 is 2.35 bits per heavy atom. The Morgan fingerprint density at radius 3 is 2.76 bits per heavy atom. The summed E-state index contributed by atoms with van der Waals surface area (Å²) in [7, 11) is 3.73. The lowest BCUT2D eigenvalue weighted by molar-refractivity contribution is -0.0311. The van der Waals surface area contributed by atoms with E-state index < -0.39 is 0 Å². The van der Waals surface area contributed by atoms with Gasteiger partial charge in [0.2, 0.25) is 0 Å². The number of hydrazine groups is 1. The fourth-order valence-corrected chi connectivity index (χ4v) is 2.01. The van der Waals surface area contributed by atoms with Crippen LogP contribution in [0.25, 0.3) is 0 Å². The Labute approximate surface area is 103 Å². The molecule has 0 bridgehead atoms. The zero-order chi connectivity index (χ0) is 12.9. The molecule has 5 heteroatoms. The second kappa shape index (κ2) is 6.14. The van der Waals surface area contributed by atoms with Crippen LogP contribution in [0.5, 0.6) is 0 Å². The van der Waals surface area contributed by atoms with Gasteiger partial charge in [-0.3, -0.25) is 11.3 Å². The Balaban J connectivity index is 2.62. The maximum atomic E-state index is 5.63. The molecule has 0 aromatic carbocycles. The summed E-state index contributed by atoms with van der Waals surface area (Å²) in [5.41, 5.74) is 2.63. The van der Waals surface area contributed by atoms with Crippen LogP contribution in [-0.2, 0) is 18.2 Å². The molecular formula is C12H24N4O. The molecule has 2 unspecified atom stereocenters. The zero-order valence-corrected chi connectivity index (χ0v) is 11.2. The van der Waals surface area contributed by atoms with Gasteiger partial charge in [-0.05, 0) is 19.8 Å². The molecule has 0 aliphatic heterocycles. The molecule has 1 heterocycles. The highest BCUT2D eigenvalue weighted by Gasteiger charge is 2.31. The van der Waals surface area contributed by atoms with Crippen LogP contribution in [0, 0.1) is 0 Å². The molecule has 0 aliphatic carbocycles. The third-order valence-electron chi connectivity index (χ3n) is 3.68. The second-order valence-electron chi connectivity index (χ2n) is 4.58. The number of methoxy groups -OCH3 is 1. The first kappa shape index (κ1) is 14.2. The van der Waals surface area contributed by atoms with Gasteiger partial charge >= 0.3 is 0 Å². The topological polar surface area (TPSA) is 65.1 Å². The van der Waals surface area contributed by atoms with Crippen molar-refractivity contribution in [1.82, 2.24) is 15.0 Å². The second-order valence-corrected chi connectivity index (χ2v) is 4.58. The molecule has 3 N–H and O–H groups in total. The Bertz CT molecular complexity index is 333. The number of imidazole rings is 1. The van der Waals surface area contributed by atoms with E-state index >= 15 is 0 Å². The van der Waals surface area contributed by atoms with Crippen molar-refractivity contribution in [3.8, 4) is 0 Å². The molecule has 2 atom stereocenters. The number of aryl methyl sites for hydroxylation is 2. The van der Waals surface area contributed by atoms with Gasteiger partial charge < -0.3 is 9.30 Å². The number of aromatic nitrogens is 2. The molecule has 0 amide bonds. The first-order valence-electron chi connectivity index (χ1n) is 6.05. The van der Waals surface area contributed by atoms with Gasteiger partial charge in [-0.15, -0.1) is 0 Å². The minimum Gasteiger partial charge on any atom is -0.377 e. The van der Waals surface area contributed by atoms with E-state index in [0.717, 1.165) is 25.1 Å². The summed E-state index contributed by atoms with van der Waals surface area (Å²) in [4.78, 5) is 4.31. The van der Waals surface area contributed by atoms with Gasteiger partial charge in [0.15, 0.2) is 0 Å². The van der Waals surface area contributed by atoms with E-state index in [1.807, 2.05) is 24.0 Å². The van der Waals surface area contributed by atoms with E-state index in [9.17, 15) is 0 Å². The monoisotopic (exact) mass is 240 g/mol. The molecule has 98 valence electrons. The standard InChI is InChI=1S/C12H24N4O/c1-5-12(2,17-4)10(15-13)6-7-11-14-8-9-16(11)3/h8-10,15H,5-7,13H2,1-4H3. The number of nitrogens with zero attached hydrogens (tertiary/aromatic N) is 2. The van der Waals surface area contributed by atoms with Gasteiger partial charge in [0.25, 0.3) is 0 Å². The summed E-state index contributed by atoms with van der Waals surface area (Å²) in [5.74, 6) is 6.70. The summed E-state index contributed by atoms with van der Waals surface area (Å²) < 4.78 is 7.60. The number of nitrogens with one attached hydrogen (secondary N) is 1. The molecule has 1 aromatic rings. The highest BCUT2D eigenvalue weighted by atomic mass is 16.5. The summed E-state index contributed by atoms with van der Waals surface area (Å²) >= 11 is 0. The summed E-state index contributed by atoms with van der Waals surface area (Å²) in [6, 6.07) is 0.120. The van der Waals surface area contributed by atoms with E-state index in [4.69, 9.17) is 10.6 Å². The van der Waals surface area contributed by atoms with E-state index in [1.165, 1.54) is 0 Å². The molecule has 0 spiro atoms. The van der Waals surface area contributed by atoms with Crippen molar-refractivity contribution in [3.63, 3.8) is 0 Å². The molecule has 0 fully saturated rings. The summed E-state index contributed by atoms with van der Waals surface area (Å²) in [6.07, 6.45) is 6.47. The van der Waals surface area contributed by atoms with Crippen molar-refractivity contribution >= 4 is 0 Å². The third-order valence-corrected chi connectivity index (χ3v) is 3.68. The highest BCUT2D eigenvalue weighted by Crippen LogP contribution is 2.22. The first-order chi connectivity index (χ1) is 8.07. The average Bonchev–Trinajstić information content (AvgIpc) is 2.75. The van der Waals surface area contributed by atoms with Crippen LogP contribution in [0.3, 0.4) is 0 Å². The molecule has 0 saturated carbocycles. The van der Waals surface area contributed by atoms with E-state index in [1.54, 1.807) is 7.11 Å². The number of hydrogen-bond donors (Lipinski definition) is 2. The van der Waals surface area contributed by atoms with Crippen LogP contribution >= 0.6 is 0 Å². The Morgan fingerprint density at radius 1 is 1.65 bits per heavy atom. The average molecular weight is 240 g/mol. The molecule has 5 nitrogen and oxygen atoms in total. The lowest BCUT2D eigenvalue weighted by atomic mass is 9.90. The maximum Gasteiger partial charge on any atom is 0.108 e. The van der Waals surface area contributed by atoms with E-state index in [0.29, 0.717) is 0 Å². The Kier molecular flexibility index (Phi) is 5.11. The lowest BCUT2D eigenvalue weighted by Crippen LogP contribution is -2.52. The van der Waals surface area contributed by atoms with Crippen LogP contribution < -0.4 is 11.3 Å². The number of nitrogens with two attached hydrogens (primary N) is 1. The van der Waals surface area contributed by atoms with Gasteiger partial charge in [0.05, 0.1) is 11.6 Å². The molecule has 0 saturated heterocycles. The number of hydrogen-bond acceptors (Lipinski definition) is 4. The van der Waals surface area contributed by atoms with Crippen molar-refractivity contribution in [2.24, 2.45) is 12.9 Å². The lowest BCUT2D eigenvalue weighted by Gasteiger charge is -2.35. The van der Waals surface area contributed by atoms with Crippen molar-refractivity contribution in [2.75, 3.05) is 7.11 Å². The maximum absolute atomic E-state index is 5.63. The van der Waals surface area contributed by atoms with Crippen molar-refractivity contribution < 1.29 is 4.74 Å². The molecule has 0 radical (unpaired) electrons.